The van der Waals surface area contributed by atoms with Crippen LogP contribution in [0.3, 0.4) is 0 Å². The molecule has 0 amide bonds. The first kappa shape index (κ1) is 12.7. The number of rotatable bonds is 4. The molecule has 2 aromatic rings. The summed E-state index contributed by atoms with van der Waals surface area (Å²) in [6.07, 6.45) is -0.339. The molecule has 106 valence electrons. The second-order valence-electron chi connectivity index (χ2n) is 5.68. The Morgan fingerprint density at radius 1 is 0.905 bits per heavy atom. The largest absolute Gasteiger partial charge is 0.362 e. The van der Waals surface area contributed by atoms with Crippen LogP contribution in [0.4, 0.5) is 0 Å². The van der Waals surface area contributed by atoms with Crippen molar-refractivity contribution >= 4 is 5.78 Å². The van der Waals surface area contributed by atoms with E-state index in [1.54, 1.807) is 0 Å². The van der Waals surface area contributed by atoms with Crippen molar-refractivity contribution in [2.45, 2.75) is 31.3 Å². The summed E-state index contributed by atoms with van der Waals surface area (Å²) in [4.78, 5) is 12.3. The van der Waals surface area contributed by atoms with E-state index >= 15 is 0 Å². The Morgan fingerprint density at radius 3 is 2.33 bits per heavy atom. The topological polar surface area (TPSA) is 42.1 Å². The van der Waals surface area contributed by atoms with Gasteiger partial charge in [0.2, 0.25) is 0 Å². The van der Waals surface area contributed by atoms with Crippen molar-refractivity contribution in [1.29, 1.82) is 0 Å². The fourth-order valence-corrected chi connectivity index (χ4v) is 2.75. The molecule has 21 heavy (non-hydrogen) atoms. The lowest BCUT2D eigenvalue weighted by Gasteiger charge is -1.97. The summed E-state index contributed by atoms with van der Waals surface area (Å²) in [5.74, 6) is 0.0577. The number of hydrogen-bond donors (Lipinski definition) is 0. The Morgan fingerprint density at radius 2 is 1.62 bits per heavy atom. The van der Waals surface area contributed by atoms with Crippen LogP contribution in [0.5, 0.6) is 0 Å². The van der Waals surface area contributed by atoms with E-state index in [2.05, 4.69) is 0 Å². The fraction of sp³-hybridized carbons (Fsp3) is 0.278. The molecule has 0 spiro atoms. The van der Waals surface area contributed by atoms with Gasteiger partial charge in [0.15, 0.2) is 5.78 Å². The molecule has 0 bridgehead atoms. The zero-order valence-corrected chi connectivity index (χ0v) is 11.7. The molecule has 2 aliphatic rings. The SMILES string of the molecule is Cc1ccc(C(=O)[C@H]2O[C@@H]2[C@H]2O[C@@H]2c2ccccc2)cc1. The van der Waals surface area contributed by atoms with Crippen LogP contribution >= 0.6 is 0 Å². The molecule has 4 rings (SSSR count). The van der Waals surface area contributed by atoms with Crippen LogP contribution in [0.15, 0.2) is 54.6 Å². The highest BCUT2D eigenvalue weighted by Crippen LogP contribution is 2.48. The van der Waals surface area contributed by atoms with Gasteiger partial charge in [-0.1, -0.05) is 60.2 Å². The first-order valence-corrected chi connectivity index (χ1v) is 7.21. The summed E-state index contributed by atoms with van der Waals surface area (Å²) in [7, 11) is 0. The van der Waals surface area contributed by atoms with E-state index in [0.29, 0.717) is 5.56 Å². The Bertz CT molecular complexity index is 663. The Kier molecular flexibility index (Phi) is 2.91. The highest BCUT2D eigenvalue weighted by Gasteiger charge is 2.60. The normalized spacial score (nSPS) is 30.0. The van der Waals surface area contributed by atoms with E-state index in [9.17, 15) is 4.79 Å². The third-order valence-electron chi connectivity index (χ3n) is 4.10. The van der Waals surface area contributed by atoms with Crippen molar-refractivity contribution in [3.8, 4) is 0 Å². The maximum atomic E-state index is 12.3. The maximum Gasteiger partial charge on any atom is 0.194 e. The number of benzene rings is 2. The van der Waals surface area contributed by atoms with Crippen LogP contribution in [0.2, 0.25) is 0 Å². The number of carbonyl (C=O) groups is 1. The molecule has 0 unspecified atom stereocenters. The zero-order valence-electron chi connectivity index (χ0n) is 11.7. The van der Waals surface area contributed by atoms with Crippen LogP contribution in [0.25, 0.3) is 0 Å². The van der Waals surface area contributed by atoms with Crippen LogP contribution in [-0.2, 0) is 9.47 Å². The van der Waals surface area contributed by atoms with Crippen molar-refractivity contribution in [3.05, 3.63) is 71.3 Å². The maximum absolute atomic E-state index is 12.3. The predicted molar refractivity (Wildman–Crippen MR) is 78.2 cm³/mol. The quantitative estimate of drug-likeness (QED) is 0.638. The van der Waals surface area contributed by atoms with Gasteiger partial charge in [-0.3, -0.25) is 4.79 Å². The molecule has 3 nitrogen and oxygen atoms in total. The molecular weight excluding hydrogens is 264 g/mol. The predicted octanol–water partition coefficient (Wildman–Crippen LogP) is 3.09. The number of hydrogen-bond acceptors (Lipinski definition) is 3. The molecule has 2 aromatic carbocycles. The fourth-order valence-electron chi connectivity index (χ4n) is 2.75. The number of ether oxygens (including phenoxy) is 2. The number of ketones is 1. The molecule has 0 aromatic heterocycles. The Balaban J connectivity index is 1.41. The van der Waals surface area contributed by atoms with Gasteiger partial charge in [-0.25, -0.2) is 0 Å². The van der Waals surface area contributed by atoms with E-state index in [0.717, 1.165) is 11.1 Å². The smallest absolute Gasteiger partial charge is 0.194 e. The van der Waals surface area contributed by atoms with Gasteiger partial charge in [0, 0.05) is 5.56 Å². The van der Waals surface area contributed by atoms with Crippen molar-refractivity contribution in [3.63, 3.8) is 0 Å². The second-order valence-corrected chi connectivity index (χ2v) is 5.68. The average Bonchev–Trinajstić information content (AvgIpc) is 3.40. The van der Waals surface area contributed by atoms with Gasteiger partial charge in [0.05, 0.1) is 0 Å². The summed E-state index contributed by atoms with van der Waals surface area (Å²) in [6.45, 7) is 2.01. The van der Waals surface area contributed by atoms with Crippen LogP contribution in [0.1, 0.15) is 27.6 Å². The molecule has 2 aliphatic heterocycles. The van der Waals surface area contributed by atoms with Crippen molar-refractivity contribution in [1.82, 2.24) is 0 Å². The number of aryl methyl sites for hydroxylation is 1. The minimum atomic E-state index is -0.341. The van der Waals surface area contributed by atoms with Crippen molar-refractivity contribution < 1.29 is 14.3 Å². The molecule has 2 fully saturated rings. The van der Waals surface area contributed by atoms with Gasteiger partial charge in [-0.2, -0.15) is 0 Å². The lowest BCUT2D eigenvalue weighted by molar-refractivity contribution is 0.0953. The molecular formula is C18H16O3. The van der Waals surface area contributed by atoms with Gasteiger partial charge in [-0.15, -0.1) is 0 Å². The Hall–Kier alpha value is -1.97. The monoisotopic (exact) mass is 280 g/mol. The molecule has 0 N–H and O–H groups in total. The summed E-state index contributed by atoms with van der Waals surface area (Å²) >= 11 is 0. The summed E-state index contributed by atoms with van der Waals surface area (Å²) in [6, 6.07) is 17.7. The summed E-state index contributed by atoms with van der Waals surface area (Å²) < 4.78 is 11.2. The van der Waals surface area contributed by atoms with E-state index in [1.807, 2.05) is 61.5 Å². The standard InChI is InChI=1S/C18H16O3/c1-11-7-9-12(10-8-11)14(19)16-18(21-16)17-15(20-17)13-5-3-2-4-6-13/h2-10,15-18H,1H3/t15-,16-,17+,18+/m1/s1. The van der Waals surface area contributed by atoms with Crippen LogP contribution in [-0.4, -0.2) is 24.1 Å². The molecule has 2 heterocycles. The highest BCUT2D eigenvalue weighted by atomic mass is 16.7. The molecule has 0 radical (unpaired) electrons. The molecule has 2 saturated heterocycles. The Labute approximate surface area is 123 Å². The first-order chi connectivity index (χ1) is 10.2. The molecule has 3 heteroatoms. The lowest BCUT2D eigenvalue weighted by atomic mass is 10.0. The number of epoxide rings is 2. The molecule has 4 atom stereocenters. The van der Waals surface area contributed by atoms with Gasteiger partial charge in [0.25, 0.3) is 0 Å². The first-order valence-electron chi connectivity index (χ1n) is 7.21. The van der Waals surface area contributed by atoms with E-state index in [-0.39, 0.29) is 30.2 Å². The van der Waals surface area contributed by atoms with Gasteiger partial charge in [-0.05, 0) is 12.5 Å². The van der Waals surface area contributed by atoms with Crippen LogP contribution in [0, 0.1) is 6.92 Å². The number of carbonyl (C=O) groups excluding carboxylic acids is 1. The van der Waals surface area contributed by atoms with E-state index < -0.39 is 0 Å². The highest BCUT2D eigenvalue weighted by molar-refractivity contribution is 6.01. The summed E-state index contributed by atoms with van der Waals surface area (Å²) in [5, 5.41) is 0. The van der Waals surface area contributed by atoms with Crippen molar-refractivity contribution in [2.24, 2.45) is 0 Å². The number of Topliss-reactive ketones (excluding diaryl/α,β-unsaturated/α-hetero) is 1. The second kappa shape index (κ2) is 4.79. The lowest BCUT2D eigenvalue weighted by Crippen LogP contribution is -2.13. The minimum absolute atomic E-state index is 0.0202. The van der Waals surface area contributed by atoms with Gasteiger partial charge in [0.1, 0.15) is 24.4 Å². The van der Waals surface area contributed by atoms with Crippen molar-refractivity contribution in [2.75, 3.05) is 0 Å². The third-order valence-corrected chi connectivity index (χ3v) is 4.10. The average molecular weight is 280 g/mol. The summed E-state index contributed by atoms with van der Waals surface area (Å²) in [5.41, 5.74) is 3.01. The molecule has 0 aliphatic carbocycles. The van der Waals surface area contributed by atoms with E-state index in [1.165, 1.54) is 0 Å². The molecule has 0 saturated carbocycles. The zero-order chi connectivity index (χ0) is 14.4. The third kappa shape index (κ3) is 2.39. The van der Waals surface area contributed by atoms with Gasteiger partial charge < -0.3 is 9.47 Å². The van der Waals surface area contributed by atoms with Gasteiger partial charge >= 0.3 is 0 Å². The van der Waals surface area contributed by atoms with Crippen LogP contribution < -0.4 is 0 Å². The minimum Gasteiger partial charge on any atom is -0.362 e. The van der Waals surface area contributed by atoms with E-state index in [4.69, 9.17) is 9.47 Å².